The summed E-state index contributed by atoms with van der Waals surface area (Å²) < 4.78 is 0. The number of rotatable bonds is 4. The van der Waals surface area contributed by atoms with Crippen LogP contribution in [0.1, 0.15) is 0 Å². The fourth-order valence-electron chi connectivity index (χ4n) is 0.454. The van der Waals surface area contributed by atoms with Gasteiger partial charge in [-0.3, -0.25) is 0 Å². The quantitative estimate of drug-likeness (QED) is 0.446. The Balaban J connectivity index is 3.16. The molecular weight excluding hydrogens is 114 g/mol. The molecule has 0 heterocycles. The third kappa shape index (κ3) is 3.83. The van der Waals surface area contributed by atoms with Gasteiger partial charge in [-0.1, -0.05) is 12.2 Å². The summed E-state index contributed by atoms with van der Waals surface area (Å²) in [6.07, 6.45) is 3.75. The molecule has 0 rings (SSSR count). The summed E-state index contributed by atoms with van der Waals surface area (Å²) in [4.78, 5) is 0. The fourth-order valence-corrected chi connectivity index (χ4v) is 1.36. The molecule has 0 atom stereocenters. The maximum Gasteiger partial charge on any atom is 0.138 e. The van der Waals surface area contributed by atoms with Crippen LogP contribution in [0, 0.1) is 0 Å². The maximum atomic E-state index is 5.65. The third-order valence-electron chi connectivity index (χ3n) is 0.813. The highest BCUT2D eigenvalue weighted by molar-refractivity contribution is 6.56. The van der Waals surface area contributed by atoms with Crippen molar-refractivity contribution in [2.24, 2.45) is 5.40 Å². The minimum atomic E-state index is -0.628. The first kappa shape index (κ1) is 7.66. The molecule has 0 aromatic rings. The summed E-state index contributed by atoms with van der Waals surface area (Å²) in [5.41, 5.74) is 0. The first-order valence-corrected chi connectivity index (χ1v) is 4.62. The molecule has 0 saturated carbocycles. The van der Waals surface area contributed by atoms with E-state index >= 15 is 0 Å². The van der Waals surface area contributed by atoms with Gasteiger partial charge in [0.05, 0.1) is 0 Å². The van der Waals surface area contributed by atoms with E-state index in [1.807, 2.05) is 12.2 Å². The molecule has 0 unspecified atom stereocenters. The monoisotopic (exact) mass is 126 g/mol. The van der Waals surface area contributed by atoms with Crippen molar-refractivity contribution in [3.05, 3.63) is 25.3 Å². The van der Waals surface area contributed by atoms with Crippen LogP contribution in [0.2, 0.25) is 12.1 Å². The van der Waals surface area contributed by atoms with Crippen LogP contribution in [0.3, 0.4) is 0 Å². The number of hydrogen-bond donors (Lipinski definition) is 1. The molecule has 0 aliphatic carbocycles. The summed E-state index contributed by atoms with van der Waals surface area (Å²) in [5.74, 6) is 0. The molecule has 0 aromatic carbocycles. The first-order chi connectivity index (χ1) is 3.81. The van der Waals surface area contributed by atoms with Gasteiger partial charge in [-0.05, 0) is 12.1 Å². The van der Waals surface area contributed by atoms with Crippen molar-refractivity contribution >= 4 is 8.96 Å². The smallest absolute Gasteiger partial charge is 0.138 e. The molecule has 45 valence electrons. The zero-order valence-corrected chi connectivity index (χ0v) is 6.06. The molecule has 0 bridgehead atoms. The van der Waals surface area contributed by atoms with E-state index in [1.165, 1.54) is 0 Å². The molecule has 2 N–H and O–H groups in total. The predicted molar refractivity (Wildman–Crippen MR) is 39.9 cm³/mol. The van der Waals surface area contributed by atoms with Gasteiger partial charge in [-0.25, -0.2) is 0 Å². The van der Waals surface area contributed by atoms with E-state index in [1.54, 1.807) is 0 Å². The van der Waals surface area contributed by atoms with Crippen molar-refractivity contribution in [1.29, 1.82) is 0 Å². The predicted octanol–water partition coefficient (Wildman–Crippen LogP) is 1.31. The van der Waals surface area contributed by atoms with Gasteiger partial charge < -0.3 is 5.40 Å². The lowest BCUT2D eigenvalue weighted by Crippen LogP contribution is -2.22. The van der Waals surface area contributed by atoms with E-state index in [2.05, 4.69) is 13.2 Å². The minimum absolute atomic E-state index is 0.628. The Morgan fingerprint density at radius 2 is 1.62 bits per heavy atom. The van der Waals surface area contributed by atoms with Crippen molar-refractivity contribution in [1.82, 2.24) is 0 Å². The van der Waals surface area contributed by atoms with Crippen LogP contribution in [0.15, 0.2) is 25.3 Å². The van der Waals surface area contributed by atoms with Crippen LogP contribution in [0.5, 0.6) is 0 Å². The molecule has 0 aromatic heterocycles. The Hall–Kier alpha value is -0.343. The summed E-state index contributed by atoms with van der Waals surface area (Å²) in [7, 11) is -0.628. The fraction of sp³-hybridized carbons (Fsp3) is 0.333. The third-order valence-corrected chi connectivity index (χ3v) is 2.44. The zero-order valence-electron chi connectivity index (χ0n) is 5.06. The molecule has 2 heteroatoms. The van der Waals surface area contributed by atoms with Gasteiger partial charge in [0.15, 0.2) is 0 Å². The maximum absolute atomic E-state index is 5.65. The lowest BCUT2D eigenvalue weighted by Gasteiger charge is -1.98. The standard InChI is InChI=1S/C6H12NSi/c1-3-5-8(7)6-4-2/h3-4H,1-2,5-7H2. The average molecular weight is 126 g/mol. The first-order valence-electron chi connectivity index (χ1n) is 2.63. The van der Waals surface area contributed by atoms with Crippen LogP contribution in [-0.2, 0) is 0 Å². The van der Waals surface area contributed by atoms with E-state index in [0.29, 0.717) is 0 Å². The van der Waals surface area contributed by atoms with E-state index in [0.717, 1.165) is 12.1 Å². The van der Waals surface area contributed by atoms with Crippen LogP contribution < -0.4 is 5.40 Å². The Morgan fingerprint density at radius 1 is 1.25 bits per heavy atom. The molecule has 0 saturated heterocycles. The van der Waals surface area contributed by atoms with Crippen molar-refractivity contribution < 1.29 is 0 Å². The second-order valence-electron chi connectivity index (χ2n) is 1.64. The van der Waals surface area contributed by atoms with Crippen molar-refractivity contribution in [2.75, 3.05) is 0 Å². The Morgan fingerprint density at radius 3 is 1.88 bits per heavy atom. The van der Waals surface area contributed by atoms with Gasteiger partial charge in [0, 0.05) is 0 Å². The lowest BCUT2D eigenvalue weighted by atomic mass is 10.7. The topological polar surface area (TPSA) is 26.0 Å². The second-order valence-corrected chi connectivity index (χ2v) is 3.78. The Labute approximate surface area is 52.6 Å². The van der Waals surface area contributed by atoms with Gasteiger partial charge >= 0.3 is 0 Å². The van der Waals surface area contributed by atoms with E-state index < -0.39 is 8.96 Å². The zero-order chi connectivity index (χ0) is 6.41. The van der Waals surface area contributed by atoms with Crippen LogP contribution in [0.25, 0.3) is 0 Å². The van der Waals surface area contributed by atoms with Crippen molar-refractivity contribution in [2.45, 2.75) is 12.1 Å². The number of hydrogen-bond acceptors (Lipinski definition) is 1. The summed E-state index contributed by atoms with van der Waals surface area (Å²) in [6, 6.07) is 1.97. The minimum Gasteiger partial charge on any atom is -0.351 e. The highest BCUT2D eigenvalue weighted by atomic mass is 28.3. The summed E-state index contributed by atoms with van der Waals surface area (Å²) >= 11 is 0. The summed E-state index contributed by atoms with van der Waals surface area (Å²) in [5, 5.41) is 5.65. The molecule has 0 aliphatic heterocycles. The molecule has 0 aliphatic rings. The van der Waals surface area contributed by atoms with Crippen LogP contribution in [-0.4, -0.2) is 8.96 Å². The second kappa shape index (κ2) is 4.81. The highest BCUT2D eigenvalue weighted by Crippen LogP contribution is 1.92. The van der Waals surface area contributed by atoms with Crippen LogP contribution in [0.4, 0.5) is 0 Å². The largest absolute Gasteiger partial charge is 0.351 e. The molecule has 0 spiro atoms. The van der Waals surface area contributed by atoms with Gasteiger partial charge in [-0.2, -0.15) is 0 Å². The summed E-state index contributed by atoms with van der Waals surface area (Å²) in [6.45, 7) is 7.19. The van der Waals surface area contributed by atoms with E-state index in [-0.39, 0.29) is 0 Å². The SMILES string of the molecule is C=CC[Si](N)CC=C. The Kier molecular flexibility index (Phi) is 4.60. The number of nitrogens with two attached hydrogens (primary N) is 1. The van der Waals surface area contributed by atoms with Gasteiger partial charge in [0.25, 0.3) is 0 Å². The molecule has 1 radical (unpaired) electrons. The van der Waals surface area contributed by atoms with Gasteiger partial charge in [0.2, 0.25) is 0 Å². The van der Waals surface area contributed by atoms with E-state index in [4.69, 9.17) is 5.40 Å². The van der Waals surface area contributed by atoms with E-state index in [9.17, 15) is 0 Å². The van der Waals surface area contributed by atoms with Crippen molar-refractivity contribution in [3.8, 4) is 0 Å². The molecule has 0 fully saturated rings. The molecule has 1 nitrogen and oxygen atoms in total. The van der Waals surface area contributed by atoms with Crippen LogP contribution >= 0.6 is 0 Å². The molecule has 8 heavy (non-hydrogen) atoms. The lowest BCUT2D eigenvalue weighted by molar-refractivity contribution is 1.47. The molecule has 0 amide bonds. The highest BCUT2D eigenvalue weighted by Gasteiger charge is 1.96. The average Bonchev–Trinajstić information content (AvgIpc) is 1.68. The normalized spacial score (nSPS) is 9.25. The number of allylic oxidation sites excluding steroid dienone is 2. The van der Waals surface area contributed by atoms with Gasteiger partial charge in [0.1, 0.15) is 8.96 Å². The molecular formula is C6H12NSi. The Bertz CT molecular complexity index is 70.6. The van der Waals surface area contributed by atoms with Crippen molar-refractivity contribution in [3.63, 3.8) is 0 Å². The van der Waals surface area contributed by atoms with Gasteiger partial charge in [-0.15, -0.1) is 13.2 Å².